The zero-order valence-corrected chi connectivity index (χ0v) is 17.7. The van der Waals surface area contributed by atoms with Gasteiger partial charge in [-0.3, -0.25) is 4.79 Å². The molecule has 0 bridgehead atoms. The number of carbonyl (C=O) groups excluding carboxylic acids is 2. The Balaban J connectivity index is 1.60. The highest BCUT2D eigenvalue weighted by molar-refractivity contribution is 6.32. The quantitative estimate of drug-likeness (QED) is 0.200. The molecule has 156 valence electrons. The largest absolute Gasteiger partial charge is 0.452 e. The molecule has 0 amide bonds. The summed E-state index contributed by atoms with van der Waals surface area (Å²) in [5.41, 5.74) is 1.51. The lowest BCUT2D eigenvalue weighted by Gasteiger charge is -2.11. The molecule has 4 nitrogen and oxygen atoms in total. The summed E-state index contributed by atoms with van der Waals surface area (Å²) in [5, 5.41) is -0.837. The third-order valence-corrected chi connectivity index (χ3v) is 5.50. The first kappa shape index (κ1) is 21.1. The molecule has 0 fully saturated rings. The molecule has 4 rings (SSSR count). The molecule has 3 aromatic rings. The first-order valence-corrected chi connectivity index (χ1v) is 10.1. The fourth-order valence-corrected chi connectivity index (χ4v) is 3.65. The van der Waals surface area contributed by atoms with Crippen LogP contribution in [0.5, 0.6) is 11.5 Å². The van der Waals surface area contributed by atoms with Crippen LogP contribution in [0.3, 0.4) is 0 Å². The maximum absolute atomic E-state index is 14.1. The van der Waals surface area contributed by atoms with Crippen LogP contribution in [0.15, 0.2) is 66.4 Å². The van der Waals surface area contributed by atoms with Crippen LogP contribution in [0.4, 0.5) is 4.39 Å². The molecule has 1 heterocycles. The van der Waals surface area contributed by atoms with Gasteiger partial charge in [-0.1, -0.05) is 48.0 Å². The number of Topliss-reactive ketones (excluding diaryl/α,β-unsaturated/α-hetero) is 1. The summed E-state index contributed by atoms with van der Waals surface area (Å²) in [5.74, 6) is -1.34. The molecule has 0 aliphatic carbocycles. The summed E-state index contributed by atoms with van der Waals surface area (Å²) < 4.78 is 25.1. The van der Waals surface area contributed by atoms with Crippen molar-refractivity contribution < 1.29 is 23.5 Å². The van der Waals surface area contributed by atoms with Crippen LogP contribution in [0.1, 0.15) is 32.4 Å². The number of alkyl halides is 1. The summed E-state index contributed by atoms with van der Waals surface area (Å²) in [6.07, 6.45) is 1.26. The Hall–Kier alpha value is -3.15. The summed E-state index contributed by atoms with van der Waals surface area (Å²) in [6.45, 7) is 1.69. The SMILES string of the molecule is Cc1cc(OC(=O)C(Cl)c2ccccc2)cc2c1C(=O)/C(=C/c1c(F)cccc1Cl)O2. The normalized spacial score (nSPS) is 14.8. The van der Waals surface area contributed by atoms with Gasteiger partial charge in [0.25, 0.3) is 0 Å². The predicted molar refractivity (Wildman–Crippen MR) is 116 cm³/mol. The number of ether oxygens (including phenoxy) is 2. The molecule has 31 heavy (non-hydrogen) atoms. The number of aryl methyl sites for hydroxylation is 1. The van der Waals surface area contributed by atoms with Gasteiger partial charge < -0.3 is 9.47 Å². The van der Waals surface area contributed by atoms with Crippen LogP contribution in [0.2, 0.25) is 5.02 Å². The zero-order valence-electron chi connectivity index (χ0n) is 16.2. The van der Waals surface area contributed by atoms with E-state index in [1.807, 2.05) is 6.07 Å². The molecular formula is C24H15Cl2FO4. The van der Waals surface area contributed by atoms with Crippen LogP contribution in [-0.4, -0.2) is 11.8 Å². The number of hydrogen-bond acceptors (Lipinski definition) is 4. The monoisotopic (exact) mass is 456 g/mol. The molecule has 1 aliphatic heterocycles. The first-order valence-electron chi connectivity index (χ1n) is 9.29. The number of fused-ring (bicyclic) bond motifs is 1. The van der Waals surface area contributed by atoms with Gasteiger partial charge in [0.2, 0.25) is 5.78 Å². The maximum atomic E-state index is 14.1. The van der Waals surface area contributed by atoms with E-state index in [0.29, 0.717) is 16.7 Å². The third kappa shape index (κ3) is 4.20. The molecule has 7 heteroatoms. The Morgan fingerprint density at radius 3 is 2.58 bits per heavy atom. The molecule has 0 saturated carbocycles. The van der Waals surface area contributed by atoms with Crippen molar-refractivity contribution in [2.75, 3.05) is 0 Å². The molecule has 0 spiro atoms. The number of carbonyl (C=O) groups is 2. The smallest absolute Gasteiger partial charge is 0.334 e. The van der Waals surface area contributed by atoms with Gasteiger partial charge in [0, 0.05) is 11.6 Å². The maximum Gasteiger partial charge on any atom is 0.334 e. The second kappa shape index (κ2) is 8.53. The Morgan fingerprint density at radius 2 is 1.87 bits per heavy atom. The van der Waals surface area contributed by atoms with Crippen molar-refractivity contribution in [3.05, 3.63) is 99.5 Å². The van der Waals surface area contributed by atoms with Crippen molar-refractivity contribution in [1.29, 1.82) is 0 Å². The summed E-state index contributed by atoms with van der Waals surface area (Å²) >= 11 is 12.3. The van der Waals surface area contributed by atoms with Gasteiger partial charge in [-0.2, -0.15) is 0 Å². The van der Waals surface area contributed by atoms with Gasteiger partial charge in [-0.15, -0.1) is 11.6 Å². The van der Waals surface area contributed by atoms with E-state index in [0.717, 1.165) is 0 Å². The average molecular weight is 457 g/mol. The van der Waals surface area contributed by atoms with Crippen molar-refractivity contribution >= 4 is 41.0 Å². The van der Waals surface area contributed by atoms with Crippen molar-refractivity contribution in [1.82, 2.24) is 0 Å². The summed E-state index contributed by atoms with van der Waals surface area (Å²) in [4.78, 5) is 25.2. The fraction of sp³-hybridized carbons (Fsp3) is 0.0833. The minimum Gasteiger partial charge on any atom is -0.452 e. The molecular weight excluding hydrogens is 442 g/mol. The molecule has 0 aromatic heterocycles. The van der Waals surface area contributed by atoms with Gasteiger partial charge >= 0.3 is 5.97 Å². The van der Waals surface area contributed by atoms with Crippen molar-refractivity contribution in [2.45, 2.75) is 12.3 Å². The molecule has 0 radical (unpaired) electrons. The number of benzene rings is 3. The number of hydrogen-bond donors (Lipinski definition) is 0. The summed E-state index contributed by atoms with van der Waals surface area (Å²) in [6, 6.07) is 16.0. The average Bonchev–Trinajstić information content (AvgIpc) is 3.06. The minimum absolute atomic E-state index is 0.0532. The number of rotatable bonds is 4. The van der Waals surface area contributed by atoms with Crippen molar-refractivity contribution in [2.24, 2.45) is 0 Å². The van der Waals surface area contributed by atoms with Crippen LogP contribution in [-0.2, 0) is 4.79 Å². The van der Waals surface area contributed by atoms with Gasteiger partial charge in [-0.25, -0.2) is 9.18 Å². The Bertz CT molecular complexity index is 1200. The Kier molecular flexibility index (Phi) is 5.81. The number of esters is 1. The highest BCUT2D eigenvalue weighted by atomic mass is 35.5. The van der Waals surface area contributed by atoms with Gasteiger partial charge in [0.1, 0.15) is 17.3 Å². The van der Waals surface area contributed by atoms with Crippen LogP contribution < -0.4 is 9.47 Å². The topological polar surface area (TPSA) is 52.6 Å². The van der Waals surface area contributed by atoms with E-state index in [1.165, 1.54) is 30.3 Å². The van der Waals surface area contributed by atoms with Crippen molar-refractivity contribution in [3.63, 3.8) is 0 Å². The standard InChI is InChI=1S/C24H15Cl2FO4/c1-13-10-15(30-24(29)22(26)14-6-3-2-4-7-14)11-19-21(13)23(28)20(31-19)12-16-17(25)8-5-9-18(16)27/h2-12,22H,1H3/b20-12-. The second-order valence-electron chi connectivity index (χ2n) is 6.88. The van der Waals surface area contributed by atoms with E-state index in [9.17, 15) is 14.0 Å². The summed E-state index contributed by atoms with van der Waals surface area (Å²) in [7, 11) is 0. The van der Waals surface area contributed by atoms with E-state index in [4.69, 9.17) is 32.7 Å². The van der Waals surface area contributed by atoms with Crippen LogP contribution >= 0.6 is 23.2 Å². The zero-order chi connectivity index (χ0) is 22.1. The van der Waals surface area contributed by atoms with E-state index in [1.54, 1.807) is 37.3 Å². The molecule has 0 N–H and O–H groups in total. The first-order chi connectivity index (χ1) is 14.8. The lowest BCUT2D eigenvalue weighted by atomic mass is 10.0. The Morgan fingerprint density at radius 1 is 1.13 bits per heavy atom. The number of halogens is 3. The highest BCUT2D eigenvalue weighted by Crippen LogP contribution is 2.38. The number of ketones is 1. The minimum atomic E-state index is -0.990. The molecule has 1 atom stereocenters. The van der Waals surface area contributed by atoms with Gasteiger partial charge in [0.05, 0.1) is 10.6 Å². The van der Waals surface area contributed by atoms with Gasteiger partial charge in [-0.05, 0) is 42.3 Å². The lowest BCUT2D eigenvalue weighted by Crippen LogP contribution is -2.14. The molecule has 1 unspecified atom stereocenters. The molecule has 0 saturated heterocycles. The van der Waals surface area contributed by atoms with Gasteiger partial charge in [0.15, 0.2) is 11.1 Å². The predicted octanol–water partition coefficient (Wildman–Crippen LogP) is 6.29. The Labute approximate surface area is 187 Å². The second-order valence-corrected chi connectivity index (χ2v) is 7.73. The van der Waals surface area contributed by atoms with E-state index in [-0.39, 0.29) is 27.8 Å². The fourth-order valence-electron chi connectivity index (χ4n) is 3.24. The van der Waals surface area contributed by atoms with E-state index in [2.05, 4.69) is 0 Å². The van der Waals surface area contributed by atoms with E-state index >= 15 is 0 Å². The highest BCUT2D eigenvalue weighted by Gasteiger charge is 2.31. The van der Waals surface area contributed by atoms with Crippen molar-refractivity contribution in [3.8, 4) is 11.5 Å². The molecule has 3 aromatic carbocycles. The number of allylic oxidation sites excluding steroid dienone is 1. The van der Waals surface area contributed by atoms with Crippen LogP contribution in [0, 0.1) is 12.7 Å². The third-order valence-electron chi connectivity index (χ3n) is 4.74. The van der Waals surface area contributed by atoms with E-state index < -0.39 is 22.9 Å². The lowest BCUT2D eigenvalue weighted by molar-refractivity contribution is -0.134. The van der Waals surface area contributed by atoms with Crippen LogP contribution in [0.25, 0.3) is 6.08 Å². The molecule has 1 aliphatic rings.